The van der Waals surface area contributed by atoms with Crippen LogP contribution in [0.3, 0.4) is 0 Å². The second-order valence-electron chi connectivity index (χ2n) is 8.02. The number of aryl methyl sites for hydroxylation is 1. The minimum atomic E-state index is -0.334. The van der Waals surface area contributed by atoms with Gasteiger partial charge in [-0.05, 0) is 68.0 Å². The summed E-state index contributed by atoms with van der Waals surface area (Å²) in [7, 11) is 0. The highest BCUT2D eigenvalue weighted by molar-refractivity contribution is 7.16. The largest absolute Gasteiger partial charge is 0.462 e. The zero-order valence-electron chi connectivity index (χ0n) is 18.8. The molecular formula is C27H28N2O3S. The van der Waals surface area contributed by atoms with E-state index in [9.17, 15) is 9.59 Å². The predicted molar refractivity (Wildman–Crippen MR) is 134 cm³/mol. The third-order valence-corrected chi connectivity index (χ3v) is 6.86. The maximum absolute atomic E-state index is 13.3. The normalized spacial score (nSPS) is 13.7. The molecular weight excluding hydrogens is 432 g/mol. The smallest absolute Gasteiger partial charge is 0.338 e. The number of ether oxygens (including phenoxy) is 1. The third-order valence-electron chi connectivity index (χ3n) is 5.66. The van der Waals surface area contributed by atoms with Crippen molar-refractivity contribution in [3.63, 3.8) is 0 Å². The fourth-order valence-electron chi connectivity index (χ4n) is 4.00. The predicted octanol–water partition coefficient (Wildman–Crippen LogP) is 6.59. The van der Waals surface area contributed by atoms with Crippen LogP contribution in [0.2, 0.25) is 0 Å². The molecule has 0 spiro atoms. The van der Waals surface area contributed by atoms with E-state index in [1.807, 2.05) is 42.5 Å². The Morgan fingerprint density at radius 2 is 1.73 bits per heavy atom. The Labute approximate surface area is 198 Å². The summed E-state index contributed by atoms with van der Waals surface area (Å²) in [5.41, 5.74) is 3.99. The molecule has 33 heavy (non-hydrogen) atoms. The van der Waals surface area contributed by atoms with Gasteiger partial charge in [0.15, 0.2) is 0 Å². The topological polar surface area (TPSA) is 67.8 Å². The standard InChI is InChI=1S/C27H28N2O3S/c1-2-32-27(31)20-16-14-19(15-17-20)18-28-26-24(25(30)29-21-10-6-5-7-11-21)22-12-8-3-4-9-13-23(22)33-26/h5-7,10-11,14-18H,2-4,8-9,12-13H2,1H3,(H,29,30). The molecule has 3 aromatic rings. The third kappa shape index (κ3) is 5.76. The van der Waals surface area contributed by atoms with Crippen molar-refractivity contribution >= 4 is 40.1 Å². The fraction of sp³-hybridized carbons (Fsp3) is 0.296. The quantitative estimate of drug-likeness (QED) is 0.333. The first-order chi connectivity index (χ1) is 16.2. The Balaban J connectivity index is 1.63. The molecule has 0 bridgehead atoms. The van der Waals surface area contributed by atoms with Crippen molar-refractivity contribution in [1.82, 2.24) is 0 Å². The van der Waals surface area contributed by atoms with Gasteiger partial charge in [-0.2, -0.15) is 0 Å². The summed E-state index contributed by atoms with van der Waals surface area (Å²) in [6.07, 6.45) is 8.32. The van der Waals surface area contributed by atoms with Gasteiger partial charge < -0.3 is 10.1 Å². The lowest BCUT2D eigenvalue weighted by molar-refractivity contribution is 0.0526. The van der Waals surface area contributed by atoms with E-state index in [0.29, 0.717) is 17.7 Å². The number of thiophene rings is 1. The number of fused-ring (bicyclic) bond motifs is 1. The summed E-state index contributed by atoms with van der Waals surface area (Å²) in [5, 5.41) is 3.78. The van der Waals surface area contributed by atoms with E-state index in [1.54, 1.807) is 36.6 Å². The lowest BCUT2D eigenvalue weighted by Gasteiger charge is -2.12. The first kappa shape index (κ1) is 22.9. The number of aliphatic imine (C=N–C) groups is 1. The first-order valence-corrected chi connectivity index (χ1v) is 12.3. The molecule has 0 unspecified atom stereocenters. The summed E-state index contributed by atoms with van der Waals surface area (Å²) in [5.74, 6) is -0.442. The van der Waals surface area contributed by atoms with Crippen LogP contribution in [0.15, 0.2) is 59.6 Å². The number of amides is 1. The molecule has 1 heterocycles. The van der Waals surface area contributed by atoms with Crippen LogP contribution in [0.1, 0.15) is 69.3 Å². The van der Waals surface area contributed by atoms with Gasteiger partial charge in [0.05, 0.1) is 17.7 Å². The first-order valence-electron chi connectivity index (χ1n) is 11.5. The van der Waals surface area contributed by atoms with Gasteiger partial charge in [-0.3, -0.25) is 4.79 Å². The van der Waals surface area contributed by atoms with Crippen LogP contribution in [-0.4, -0.2) is 24.7 Å². The molecule has 0 fully saturated rings. The number of nitrogens with one attached hydrogen (secondary N) is 1. The molecule has 0 aliphatic heterocycles. The van der Waals surface area contributed by atoms with E-state index >= 15 is 0 Å². The van der Waals surface area contributed by atoms with Crippen molar-refractivity contribution in [3.05, 3.63) is 81.7 Å². The summed E-state index contributed by atoms with van der Waals surface area (Å²) in [6.45, 7) is 2.13. The van der Waals surface area contributed by atoms with Crippen LogP contribution in [0.4, 0.5) is 10.7 Å². The van der Waals surface area contributed by atoms with Gasteiger partial charge >= 0.3 is 5.97 Å². The molecule has 6 heteroatoms. The number of anilines is 1. The number of carbonyl (C=O) groups is 2. The zero-order valence-corrected chi connectivity index (χ0v) is 19.6. The monoisotopic (exact) mass is 460 g/mol. The summed E-state index contributed by atoms with van der Waals surface area (Å²) in [6, 6.07) is 16.7. The van der Waals surface area contributed by atoms with Gasteiger partial charge in [0.25, 0.3) is 5.91 Å². The van der Waals surface area contributed by atoms with Gasteiger partial charge in [0.2, 0.25) is 0 Å². The van der Waals surface area contributed by atoms with Crippen molar-refractivity contribution in [2.45, 2.75) is 45.4 Å². The van der Waals surface area contributed by atoms with E-state index in [2.05, 4.69) is 5.32 Å². The van der Waals surface area contributed by atoms with Crippen LogP contribution in [0.25, 0.3) is 0 Å². The van der Waals surface area contributed by atoms with E-state index in [0.717, 1.165) is 47.5 Å². The molecule has 0 radical (unpaired) electrons. The van der Waals surface area contributed by atoms with E-state index in [1.165, 1.54) is 17.7 Å². The summed E-state index contributed by atoms with van der Waals surface area (Å²) < 4.78 is 5.04. The number of esters is 1. The molecule has 1 aliphatic rings. The Hall–Kier alpha value is -3.25. The molecule has 0 saturated heterocycles. The Kier molecular flexibility index (Phi) is 7.68. The Bertz CT molecular complexity index is 1130. The van der Waals surface area contributed by atoms with Crippen LogP contribution < -0.4 is 5.32 Å². The van der Waals surface area contributed by atoms with Crippen molar-refractivity contribution < 1.29 is 14.3 Å². The van der Waals surface area contributed by atoms with Gasteiger partial charge in [-0.1, -0.05) is 43.2 Å². The molecule has 5 nitrogen and oxygen atoms in total. The van der Waals surface area contributed by atoms with Crippen LogP contribution >= 0.6 is 11.3 Å². The molecule has 0 atom stereocenters. The highest BCUT2D eigenvalue weighted by atomic mass is 32.1. The van der Waals surface area contributed by atoms with E-state index < -0.39 is 0 Å². The second kappa shape index (κ2) is 11.1. The fourth-order valence-corrected chi connectivity index (χ4v) is 5.23. The zero-order chi connectivity index (χ0) is 23.0. The Morgan fingerprint density at radius 1 is 1.00 bits per heavy atom. The minimum absolute atomic E-state index is 0.107. The molecule has 1 aliphatic carbocycles. The van der Waals surface area contributed by atoms with Crippen LogP contribution in [-0.2, 0) is 17.6 Å². The maximum Gasteiger partial charge on any atom is 0.338 e. The number of carbonyl (C=O) groups excluding carboxylic acids is 2. The van der Waals surface area contributed by atoms with Crippen LogP contribution in [0, 0.1) is 0 Å². The lowest BCUT2D eigenvalue weighted by Crippen LogP contribution is -2.14. The number of benzene rings is 2. The average Bonchev–Trinajstić information content (AvgIpc) is 3.15. The van der Waals surface area contributed by atoms with Crippen molar-refractivity contribution in [2.75, 3.05) is 11.9 Å². The van der Waals surface area contributed by atoms with Crippen molar-refractivity contribution in [2.24, 2.45) is 4.99 Å². The molecule has 1 N–H and O–H groups in total. The number of hydrogen-bond acceptors (Lipinski definition) is 5. The van der Waals surface area contributed by atoms with Gasteiger partial charge in [-0.15, -0.1) is 11.3 Å². The SMILES string of the molecule is CCOC(=O)c1ccc(C=Nc2sc3c(c2C(=O)Nc2ccccc2)CCCCCC3)cc1. The van der Waals surface area contributed by atoms with E-state index in [-0.39, 0.29) is 11.9 Å². The number of nitrogens with zero attached hydrogens (tertiary/aromatic N) is 1. The number of hydrogen-bond donors (Lipinski definition) is 1. The summed E-state index contributed by atoms with van der Waals surface area (Å²) >= 11 is 1.62. The molecule has 0 saturated carbocycles. The van der Waals surface area contributed by atoms with Crippen molar-refractivity contribution in [1.29, 1.82) is 0 Å². The van der Waals surface area contributed by atoms with Crippen molar-refractivity contribution in [3.8, 4) is 0 Å². The second-order valence-corrected chi connectivity index (χ2v) is 9.10. The average molecular weight is 461 g/mol. The molecule has 1 amide bonds. The van der Waals surface area contributed by atoms with E-state index in [4.69, 9.17) is 9.73 Å². The Morgan fingerprint density at radius 3 is 2.45 bits per heavy atom. The minimum Gasteiger partial charge on any atom is -0.462 e. The molecule has 1 aromatic heterocycles. The molecule has 170 valence electrons. The van der Waals surface area contributed by atoms with Crippen LogP contribution in [0.5, 0.6) is 0 Å². The number of para-hydroxylation sites is 1. The lowest BCUT2D eigenvalue weighted by atomic mass is 9.96. The summed E-state index contributed by atoms with van der Waals surface area (Å²) in [4.78, 5) is 31.2. The molecule has 4 rings (SSSR count). The highest BCUT2D eigenvalue weighted by Gasteiger charge is 2.24. The molecule has 2 aromatic carbocycles. The number of rotatable bonds is 6. The van der Waals surface area contributed by atoms with Gasteiger partial charge in [0, 0.05) is 16.8 Å². The van der Waals surface area contributed by atoms with Gasteiger partial charge in [-0.25, -0.2) is 9.79 Å². The van der Waals surface area contributed by atoms with Gasteiger partial charge in [0.1, 0.15) is 5.00 Å². The maximum atomic E-state index is 13.3. The highest BCUT2D eigenvalue weighted by Crippen LogP contribution is 2.39.